The number of aromatic nitrogens is 4. The Morgan fingerprint density at radius 1 is 0.338 bits per heavy atom. The van der Waals surface area contributed by atoms with Crippen molar-refractivity contribution in [1.29, 1.82) is 0 Å². The molecule has 4 aliphatic carbocycles. The average Bonchev–Trinajstić information content (AvgIpc) is 1.38. The lowest BCUT2D eigenvalue weighted by Crippen LogP contribution is -2.60. The van der Waals surface area contributed by atoms with E-state index in [4.69, 9.17) is 71.3 Å². The van der Waals surface area contributed by atoms with Crippen LogP contribution in [0, 0.1) is 46.9 Å². The second kappa shape index (κ2) is 39.8. The zero-order valence-corrected chi connectivity index (χ0v) is 84.8. The molecule has 0 radical (unpaired) electrons. The summed E-state index contributed by atoms with van der Waals surface area (Å²) < 4.78 is 58.9. The van der Waals surface area contributed by atoms with Crippen LogP contribution in [0.4, 0.5) is 17.6 Å². The van der Waals surface area contributed by atoms with Crippen LogP contribution in [-0.2, 0) is 60.0 Å². The van der Waals surface area contributed by atoms with Crippen molar-refractivity contribution in [1.82, 2.24) is 59.1 Å². The van der Waals surface area contributed by atoms with Gasteiger partial charge in [0, 0.05) is 145 Å². The molecular weight excluding hydrogens is 1890 g/mol. The zero-order chi connectivity index (χ0) is 102. The fourth-order valence-corrected chi connectivity index (χ4v) is 23.1. The fraction of sp³-hybridized carbons (Fsp3) is 0.418. The van der Waals surface area contributed by atoms with Crippen molar-refractivity contribution in [3.8, 4) is 45.0 Å². The van der Waals surface area contributed by atoms with E-state index in [9.17, 15) is 55.9 Å². The monoisotopic (exact) mass is 2000 g/mol. The van der Waals surface area contributed by atoms with Crippen molar-refractivity contribution in [2.75, 3.05) is 52.4 Å². The van der Waals surface area contributed by atoms with E-state index in [-0.39, 0.29) is 130 Å². The number of halogens is 8. The molecule has 740 valence electrons. The molecule has 11 unspecified atom stereocenters. The lowest BCUT2D eigenvalue weighted by molar-refractivity contribution is -0.131. The van der Waals surface area contributed by atoms with E-state index in [1.165, 1.54) is 48.6 Å². The van der Waals surface area contributed by atoms with Crippen LogP contribution in [-0.4, -0.2) is 230 Å². The Hall–Kier alpha value is -12.2. The number of carbonyl (C=O) groups is 8. The van der Waals surface area contributed by atoms with E-state index >= 15 is 0 Å². The summed E-state index contributed by atoms with van der Waals surface area (Å²) in [5.41, 5.74) is 4.26. The number of piperazine rings is 4. The Bertz CT molecular complexity index is 6680. The van der Waals surface area contributed by atoms with Gasteiger partial charge >= 0.3 is 0 Å². The third kappa shape index (κ3) is 18.0. The largest absolute Gasteiger partial charge is 0.349 e. The molecule has 24 nitrogen and oxygen atoms in total. The molecule has 4 aromatic heterocycles. The minimum atomic E-state index is -0.959. The predicted octanol–water partition coefficient (Wildman–Crippen LogP) is 19.2. The van der Waals surface area contributed by atoms with Crippen LogP contribution in [0.1, 0.15) is 192 Å². The van der Waals surface area contributed by atoms with Crippen molar-refractivity contribution in [2.24, 2.45) is 43.6 Å². The highest BCUT2D eigenvalue weighted by atomic mass is 35.5. The SMILES string of the molecule is C=CC(=O)N1CC(C)N(C2=NC(=O)C(C)(C3CC3)c3nc(-c4ccccc4F)c(Cl)cc32)CC1C.C=CC(=O)N1CC(C)N(C2=NC(=O)C(C)(C3CCC3)c3nc(-c4ccccc4F)c(Cl)cc32)CC1C.C=CC(=O)N1CC(C)N(C2=NC(=O)C(C)(CC)c3nc(-c4ccccc4F)c(Cl)cc32)CC1C.C=CC(=O)N1CC(C)N(C2=NC(=O)C(C3CC3)(C3CC3)c3nc(-c4ccccc4F)c(Cl)cc32)CC1C. The molecule has 4 saturated carbocycles. The van der Waals surface area contributed by atoms with E-state index in [1.54, 1.807) is 111 Å². The zero-order valence-electron chi connectivity index (χ0n) is 81.8. The van der Waals surface area contributed by atoms with Crippen molar-refractivity contribution in [3.63, 3.8) is 0 Å². The first-order chi connectivity index (χ1) is 67.7. The molecule has 11 atom stereocenters. The third-order valence-corrected chi connectivity index (χ3v) is 32.3. The third-order valence-electron chi connectivity index (χ3n) is 31.2. The maximum Gasteiger partial charge on any atom is 0.260 e. The van der Waals surface area contributed by atoms with Gasteiger partial charge in [0.25, 0.3) is 23.6 Å². The molecule has 0 spiro atoms. The topological polar surface area (TPSA) is 263 Å². The molecule has 32 heteroatoms. The Kier molecular flexibility index (Phi) is 28.4. The van der Waals surface area contributed by atoms with Crippen LogP contribution in [0.3, 0.4) is 0 Å². The second-order valence-electron chi connectivity index (χ2n) is 40.3. The van der Waals surface area contributed by atoms with Gasteiger partial charge < -0.3 is 39.2 Å². The predicted molar refractivity (Wildman–Crippen MR) is 544 cm³/mol. The summed E-state index contributed by atoms with van der Waals surface area (Å²) in [6.07, 6.45) is 14.4. The van der Waals surface area contributed by atoms with E-state index in [0.29, 0.717) is 176 Å². The van der Waals surface area contributed by atoms with Gasteiger partial charge in [-0.05, 0) is 255 Å². The fourth-order valence-electron chi connectivity index (χ4n) is 22.1. The summed E-state index contributed by atoms with van der Waals surface area (Å²) >= 11 is 26.8. The van der Waals surface area contributed by atoms with Crippen molar-refractivity contribution < 1.29 is 55.9 Å². The maximum atomic E-state index is 14.9. The minimum absolute atomic E-state index is 0.0844. The number of aliphatic imine (C=N–C) groups is 4. The molecule has 8 aliphatic heterocycles. The standard InChI is InChI=1S/C29H30ClFN4O2.C28H30ClFN4O2.C27H28ClFN4O2.C26H28ClFN4O2/c1-4-24(36)34-14-17(3)35(15-16(34)2)27-21-13-22(30)25(20-7-5-6-8-23(20)31)32-26(21)29(18-9-10-18,19-11-12-19)28(37)33-27;1-5-23(35)33-14-17(3)34(15-16(33)2)26-20-13-21(29)24(19-11-6-7-12-22(19)30)31-25(20)28(4,27(36)32-26)18-9-8-10-18;1-5-22(34)32-13-16(3)33(14-15(32)2)25-19-12-20(28)23(18-8-6-7-9-21(18)29)30-24(19)27(4,17-10-11-17)26(35)31-25;1-6-21(33)31-13-16(4)32(14-15(31)3)24-18-12-19(27)22(17-10-8-9-11-20(17)28)29-23(18)26(5,7-2)25(34)30-24/h4-8,13,16-19H,1,9-12,14-15H2,2-3H3;5-7,11-13,16-18H,1,8-10,14-15H2,2-4H3;5-9,12,15-17H,1,10-11,13-14H2,2-4H3;6,8-12,15-16H,1,7,13-14H2,2-5H3. The first kappa shape index (κ1) is 101. The summed E-state index contributed by atoms with van der Waals surface area (Å²) in [7, 11) is 0. The van der Waals surface area contributed by atoms with E-state index < -0.39 is 44.9 Å². The number of benzene rings is 4. The molecular formula is C110H116Cl4F4N16O8. The Labute approximate surface area is 845 Å². The number of fused-ring (bicyclic) bond motifs is 4. The summed E-state index contributed by atoms with van der Waals surface area (Å²) in [4.78, 5) is 158. The Balaban J connectivity index is 0.000000130. The van der Waals surface area contributed by atoms with Gasteiger partial charge in [-0.1, -0.05) is 135 Å². The number of hydrogen-bond acceptors (Lipinski definition) is 16. The van der Waals surface area contributed by atoms with Crippen molar-refractivity contribution in [3.05, 3.63) is 260 Å². The second-order valence-corrected chi connectivity index (χ2v) is 42.0. The van der Waals surface area contributed by atoms with Crippen molar-refractivity contribution >= 4 is 117 Å². The number of carbonyl (C=O) groups excluding carboxylic acids is 8. The molecule has 8 amide bonds. The number of amidine groups is 4. The van der Waals surface area contributed by atoms with E-state index in [1.807, 2.05) is 94.1 Å². The van der Waals surface area contributed by atoms with Crippen molar-refractivity contribution in [2.45, 2.75) is 217 Å². The lowest BCUT2D eigenvalue weighted by Gasteiger charge is -2.48. The van der Waals surface area contributed by atoms with E-state index in [2.05, 4.69) is 56.0 Å². The molecule has 4 saturated heterocycles. The van der Waals surface area contributed by atoms with E-state index in [0.717, 1.165) is 63.4 Å². The summed E-state index contributed by atoms with van der Waals surface area (Å²) in [6, 6.07) is 31.9. The highest BCUT2D eigenvalue weighted by Gasteiger charge is 2.64. The van der Waals surface area contributed by atoms with Gasteiger partial charge in [-0.15, -0.1) is 0 Å². The highest BCUT2D eigenvalue weighted by Crippen LogP contribution is 2.62. The smallest absolute Gasteiger partial charge is 0.260 e. The van der Waals surface area contributed by atoms with Crippen LogP contribution in [0.2, 0.25) is 20.1 Å². The summed E-state index contributed by atoms with van der Waals surface area (Å²) in [5, 5.41) is 1.21. The number of nitrogens with zero attached hydrogens (tertiary/aromatic N) is 16. The first-order valence-electron chi connectivity index (χ1n) is 48.9. The molecule has 4 aromatic carbocycles. The number of pyridine rings is 4. The van der Waals surface area contributed by atoms with Crippen LogP contribution in [0.5, 0.6) is 0 Å². The van der Waals surface area contributed by atoms with Gasteiger partial charge in [-0.25, -0.2) is 37.5 Å². The van der Waals surface area contributed by atoms with Gasteiger partial charge in [0.2, 0.25) is 23.6 Å². The molecule has 20 rings (SSSR count). The normalized spacial score (nSPS) is 25.5. The maximum absolute atomic E-state index is 14.9. The molecule has 12 aliphatic rings. The first-order valence-corrected chi connectivity index (χ1v) is 50.4. The quantitative estimate of drug-likeness (QED) is 0.0767. The molecule has 142 heavy (non-hydrogen) atoms. The number of hydrogen-bond donors (Lipinski definition) is 0. The Morgan fingerprint density at radius 3 is 0.845 bits per heavy atom. The number of rotatable bonds is 13. The van der Waals surface area contributed by atoms with Gasteiger partial charge in [-0.3, -0.25) is 38.4 Å². The lowest BCUT2D eigenvalue weighted by atomic mass is 9.62. The minimum Gasteiger partial charge on any atom is -0.349 e. The molecule has 8 fully saturated rings. The van der Waals surface area contributed by atoms with Crippen LogP contribution in [0.25, 0.3) is 45.0 Å². The van der Waals surface area contributed by atoms with Crippen LogP contribution >= 0.6 is 46.4 Å². The summed E-state index contributed by atoms with van der Waals surface area (Å²) in [6.45, 7) is 41.8. The van der Waals surface area contributed by atoms with Gasteiger partial charge in [0.1, 0.15) is 46.6 Å². The molecule has 0 bridgehead atoms. The van der Waals surface area contributed by atoms with Crippen LogP contribution < -0.4 is 0 Å². The molecule has 8 aromatic rings. The average molecular weight is 2010 g/mol. The highest BCUT2D eigenvalue weighted by molar-refractivity contribution is 6.35. The Morgan fingerprint density at radius 2 is 0.585 bits per heavy atom. The van der Waals surface area contributed by atoms with Gasteiger partial charge in [-0.2, -0.15) is 20.0 Å². The van der Waals surface area contributed by atoms with Gasteiger partial charge in [0.15, 0.2) is 0 Å². The molecule has 12 heterocycles. The molecule has 0 N–H and O–H groups in total. The van der Waals surface area contributed by atoms with Crippen LogP contribution in [0.15, 0.2) is 192 Å². The van der Waals surface area contributed by atoms with Gasteiger partial charge in [0.05, 0.1) is 87.3 Å². The summed E-state index contributed by atoms with van der Waals surface area (Å²) in [5.74, 6) is -0.322. The number of amides is 8.